The van der Waals surface area contributed by atoms with Crippen LogP contribution in [0.25, 0.3) is 6.08 Å². The Morgan fingerprint density at radius 1 is 1.09 bits per heavy atom. The molecule has 1 aliphatic rings. The lowest BCUT2D eigenvalue weighted by atomic mass is 10.1. The van der Waals surface area contributed by atoms with E-state index in [9.17, 15) is 24.4 Å². The fraction of sp³-hybridized carbons (Fsp3) is 0.194. The quantitative estimate of drug-likeness (QED) is 0.177. The van der Waals surface area contributed by atoms with E-state index in [1.807, 2.05) is 6.92 Å². The lowest BCUT2D eigenvalue weighted by Crippen LogP contribution is -2.36. The Kier molecular flexibility index (Phi) is 10.9. The van der Waals surface area contributed by atoms with Crippen molar-refractivity contribution in [2.75, 3.05) is 25.6 Å². The maximum Gasteiger partial charge on any atom is 0.339 e. The van der Waals surface area contributed by atoms with Crippen molar-refractivity contribution >= 4 is 69.8 Å². The van der Waals surface area contributed by atoms with Crippen molar-refractivity contribution in [2.45, 2.75) is 20.0 Å². The summed E-state index contributed by atoms with van der Waals surface area (Å²) in [4.78, 5) is 51.6. The van der Waals surface area contributed by atoms with Gasteiger partial charge in [-0.25, -0.2) is 4.79 Å². The van der Waals surface area contributed by atoms with Crippen LogP contribution in [0.3, 0.4) is 0 Å². The number of ether oxygens (including phenoxy) is 3. The van der Waals surface area contributed by atoms with E-state index in [4.69, 9.17) is 37.4 Å². The zero-order chi connectivity index (χ0) is 31.8. The normalized spacial score (nSPS) is 13.5. The standard InChI is InChI=1S/C31H25Cl2N3O7S/c1-3-10-42-30(39)22-14-21(8-9-23(22)32)35-27(37)16-36-29(38)26(44-31(36)40)13-18-11-24(33)28(25(12-18)41-2)43-17-20-7-5-4-6-19(20)15-34/h4-9,11-14H,3,10,16-17H2,1-2H3,(H,35,37)/b26-13-. The molecule has 10 nitrogen and oxygen atoms in total. The smallest absolute Gasteiger partial charge is 0.339 e. The monoisotopic (exact) mass is 653 g/mol. The minimum absolute atomic E-state index is 0.0698. The number of nitrogens with zero attached hydrogens (tertiary/aromatic N) is 2. The van der Waals surface area contributed by atoms with Crippen molar-refractivity contribution in [2.24, 2.45) is 0 Å². The first-order chi connectivity index (χ1) is 21.1. The van der Waals surface area contributed by atoms with Gasteiger partial charge >= 0.3 is 5.97 Å². The Balaban J connectivity index is 1.45. The molecular formula is C31H25Cl2N3O7S. The molecule has 13 heteroatoms. The highest BCUT2D eigenvalue weighted by Gasteiger charge is 2.36. The highest BCUT2D eigenvalue weighted by molar-refractivity contribution is 8.18. The van der Waals surface area contributed by atoms with E-state index < -0.39 is 29.6 Å². The molecule has 3 aromatic rings. The number of hydrogen-bond donors (Lipinski definition) is 1. The first-order valence-corrected chi connectivity index (χ1v) is 14.7. The number of carbonyl (C=O) groups is 4. The number of esters is 1. The zero-order valence-electron chi connectivity index (χ0n) is 23.5. The summed E-state index contributed by atoms with van der Waals surface area (Å²) in [6.45, 7) is 1.58. The van der Waals surface area contributed by atoms with Crippen LogP contribution < -0.4 is 14.8 Å². The maximum absolute atomic E-state index is 13.1. The van der Waals surface area contributed by atoms with Crippen molar-refractivity contribution in [3.05, 3.63) is 91.8 Å². The minimum atomic E-state index is -0.668. The van der Waals surface area contributed by atoms with Crippen molar-refractivity contribution in [1.29, 1.82) is 5.26 Å². The van der Waals surface area contributed by atoms with E-state index in [0.717, 1.165) is 4.90 Å². The number of halogens is 2. The third kappa shape index (κ3) is 7.71. The molecule has 0 aliphatic carbocycles. The van der Waals surface area contributed by atoms with E-state index in [2.05, 4.69) is 11.4 Å². The number of methoxy groups -OCH3 is 1. The Morgan fingerprint density at radius 3 is 2.59 bits per heavy atom. The molecule has 0 unspecified atom stereocenters. The van der Waals surface area contributed by atoms with Crippen molar-refractivity contribution in [3.8, 4) is 17.6 Å². The van der Waals surface area contributed by atoms with E-state index in [0.29, 0.717) is 34.9 Å². The molecule has 0 atom stereocenters. The second kappa shape index (κ2) is 14.8. The van der Waals surface area contributed by atoms with Crippen LogP contribution in [0.5, 0.6) is 11.5 Å². The molecule has 226 valence electrons. The van der Waals surface area contributed by atoms with Gasteiger partial charge in [-0.05, 0) is 66.2 Å². The van der Waals surface area contributed by atoms with Gasteiger partial charge in [-0.15, -0.1) is 0 Å². The van der Waals surface area contributed by atoms with Crippen molar-refractivity contribution in [3.63, 3.8) is 0 Å². The molecule has 1 fully saturated rings. The molecule has 1 heterocycles. The van der Waals surface area contributed by atoms with Crippen LogP contribution in [0, 0.1) is 11.3 Å². The summed E-state index contributed by atoms with van der Waals surface area (Å²) in [7, 11) is 1.43. The number of nitrogens with one attached hydrogen (secondary N) is 1. The van der Waals surface area contributed by atoms with E-state index >= 15 is 0 Å². The van der Waals surface area contributed by atoms with E-state index in [-0.39, 0.29) is 50.9 Å². The van der Waals surface area contributed by atoms with Gasteiger partial charge in [0.2, 0.25) is 5.91 Å². The number of rotatable bonds is 11. The van der Waals surface area contributed by atoms with Gasteiger partial charge in [-0.2, -0.15) is 5.26 Å². The molecular weight excluding hydrogens is 629 g/mol. The summed E-state index contributed by atoms with van der Waals surface area (Å²) in [5, 5.41) is 11.6. The van der Waals surface area contributed by atoms with Crippen LogP contribution in [0.2, 0.25) is 10.0 Å². The topological polar surface area (TPSA) is 135 Å². The lowest BCUT2D eigenvalue weighted by molar-refractivity contribution is -0.127. The van der Waals surface area contributed by atoms with Gasteiger partial charge < -0.3 is 19.5 Å². The maximum atomic E-state index is 13.1. The average Bonchev–Trinajstić information content (AvgIpc) is 3.27. The fourth-order valence-electron chi connectivity index (χ4n) is 4.03. The number of hydrogen-bond acceptors (Lipinski definition) is 9. The van der Waals surface area contributed by atoms with Gasteiger partial charge in [0.25, 0.3) is 11.1 Å². The van der Waals surface area contributed by atoms with Crippen LogP contribution in [-0.2, 0) is 20.9 Å². The molecule has 0 spiro atoms. The number of carbonyl (C=O) groups excluding carboxylic acids is 4. The lowest BCUT2D eigenvalue weighted by Gasteiger charge is -2.14. The summed E-state index contributed by atoms with van der Waals surface area (Å²) in [6, 6.07) is 16.5. The molecule has 1 saturated heterocycles. The highest BCUT2D eigenvalue weighted by Crippen LogP contribution is 2.39. The average molecular weight is 655 g/mol. The van der Waals surface area contributed by atoms with Gasteiger partial charge in [-0.1, -0.05) is 48.3 Å². The van der Waals surface area contributed by atoms with Gasteiger partial charge in [0.1, 0.15) is 13.2 Å². The SMILES string of the molecule is CCCOC(=O)c1cc(NC(=O)CN2C(=O)S/C(=C\c3cc(Cl)c(OCc4ccccc4C#N)c(OC)c3)C2=O)ccc1Cl. The highest BCUT2D eigenvalue weighted by atomic mass is 35.5. The predicted molar refractivity (Wildman–Crippen MR) is 167 cm³/mol. The first-order valence-electron chi connectivity index (χ1n) is 13.1. The van der Waals surface area contributed by atoms with Crippen LogP contribution >= 0.6 is 35.0 Å². The Bertz CT molecular complexity index is 1700. The molecule has 1 N–H and O–H groups in total. The molecule has 4 rings (SSSR count). The number of thioether (sulfide) groups is 1. The largest absolute Gasteiger partial charge is 0.493 e. The molecule has 3 amide bonds. The third-order valence-corrected chi connectivity index (χ3v) is 7.66. The fourth-order valence-corrected chi connectivity index (χ4v) is 5.34. The summed E-state index contributed by atoms with van der Waals surface area (Å²) in [6.07, 6.45) is 2.09. The predicted octanol–water partition coefficient (Wildman–Crippen LogP) is 6.69. The number of benzene rings is 3. The van der Waals surface area contributed by atoms with Gasteiger partial charge in [-0.3, -0.25) is 19.3 Å². The third-order valence-electron chi connectivity index (χ3n) is 6.14. The summed E-state index contributed by atoms with van der Waals surface area (Å²) in [5.74, 6) is -1.44. The van der Waals surface area contributed by atoms with Gasteiger partial charge in [0, 0.05) is 11.3 Å². The molecule has 0 aromatic heterocycles. The second-order valence-electron chi connectivity index (χ2n) is 9.24. The van der Waals surface area contributed by atoms with Crippen LogP contribution in [0.1, 0.15) is 40.4 Å². The van der Waals surface area contributed by atoms with E-state index in [1.54, 1.807) is 36.4 Å². The summed E-state index contributed by atoms with van der Waals surface area (Å²) >= 11 is 13.3. The number of imide groups is 1. The molecule has 1 aliphatic heterocycles. The zero-order valence-corrected chi connectivity index (χ0v) is 25.8. The van der Waals surface area contributed by atoms with E-state index in [1.165, 1.54) is 31.4 Å². The molecule has 3 aromatic carbocycles. The van der Waals surface area contributed by atoms with Crippen molar-refractivity contribution < 1.29 is 33.4 Å². The minimum Gasteiger partial charge on any atom is -0.493 e. The molecule has 44 heavy (non-hydrogen) atoms. The Hall–Kier alpha value is -4.50. The first kappa shape index (κ1) is 32.4. The molecule has 0 saturated carbocycles. The Morgan fingerprint density at radius 2 is 1.86 bits per heavy atom. The van der Waals surface area contributed by atoms with Gasteiger partial charge in [0.05, 0.1) is 45.9 Å². The number of amides is 3. The summed E-state index contributed by atoms with van der Waals surface area (Å²) in [5.41, 5.74) is 1.90. The Labute approximate surface area is 267 Å². The van der Waals surface area contributed by atoms with Crippen LogP contribution in [-0.4, -0.2) is 48.2 Å². The van der Waals surface area contributed by atoms with Crippen molar-refractivity contribution in [1.82, 2.24) is 4.90 Å². The number of nitriles is 1. The van der Waals surface area contributed by atoms with Crippen LogP contribution in [0.15, 0.2) is 59.5 Å². The summed E-state index contributed by atoms with van der Waals surface area (Å²) < 4.78 is 16.4. The van der Waals surface area contributed by atoms with Gasteiger partial charge in [0.15, 0.2) is 11.5 Å². The number of anilines is 1. The molecule has 0 radical (unpaired) electrons. The second-order valence-corrected chi connectivity index (χ2v) is 11.0. The van der Waals surface area contributed by atoms with Crippen LogP contribution in [0.4, 0.5) is 10.5 Å². The molecule has 0 bridgehead atoms.